The van der Waals surface area contributed by atoms with Crippen LogP contribution in [0.4, 0.5) is 4.39 Å². The number of rotatable bonds is 7. The molecule has 122 valence electrons. The molecule has 0 radical (unpaired) electrons. The lowest BCUT2D eigenvalue weighted by Gasteiger charge is -2.09. The predicted molar refractivity (Wildman–Crippen MR) is 89.2 cm³/mol. The molecule has 1 amide bonds. The zero-order chi connectivity index (χ0) is 16.7. The van der Waals surface area contributed by atoms with Crippen LogP contribution >= 0.6 is 11.6 Å². The van der Waals surface area contributed by atoms with Crippen molar-refractivity contribution in [2.24, 2.45) is 0 Å². The third-order valence-corrected chi connectivity index (χ3v) is 3.61. The van der Waals surface area contributed by atoms with Crippen molar-refractivity contribution in [2.45, 2.75) is 26.3 Å². The van der Waals surface area contributed by atoms with Crippen molar-refractivity contribution in [1.29, 1.82) is 0 Å². The molecule has 2 rings (SSSR count). The van der Waals surface area contributed by atoms with Crippen LogP contribution in [-0.4, -0.2) is 12.5 Å². The Labute approximate surface area is 140 Å². The van der Waals surface area contributed by atoms with E-state index in [1.807, 2.05) is 19.1 Å². The van der Waals surface area contributed by atoms with Crippen molar-refractivity contribution < 1.29 is 13.9 Å². The summed E-state index contributed by atoms with van der Waals surface area (Å²) in [5, 5.41) is 3.37. The first kappa shape index (κ1) is 17.3. The maximum atomic E-state index is 13.4. The van der Waals surface area contributed by atoms with Gasteiger partial charge in [0, 0.05) is 23.6 Å². The fourth-order valence-corrected chi connectivity index (χ4v) is 2.34. The van der Waals surface area contributed by atoms with Crippen molar-refractivity contribution in [3.8, 4) is 5.75 Å². The van der Waals surface area contributed by atoms with Gasteiger partial charge in [0.05, 0.1) is 6.61 Å². The van der Waals surface area contributed by atoms with Crippen molar-refractivity contribution in [2.75, 3.05) is 6.61 Å². The number of halogens is 2. The maximum absolute atomic E-state index is 13.4. The van der Waals surface area contributed by atoms with Crippen molar-refractivity contribution in [1.82, 2.24) is 5.32 Å². The van der Waals surface area contributed by atoms with Crippen LogP contribution < -0.4 is 10.1 Å². The molecule has 0 fully saturated rings. The summed E-state index contributed by atoms with van der Waals surface area (Å²) in [7, 11) is 0. The van der Waals surface area contributed by atoms with Crippen LogP contribution in [0.15, 0.2) is 42.5 Å². The smallest absolute Gasteiger partial charge is 0.220 e. The minimum absolute atomic E-state index is 0.121. The SMILES string of the molecule is Cc1cc(Cl)ccc1OCCCC(=O)NCc1ccccc1F. The van der Waals surface area contributed by atoms with E-state index in [2.05, 4.69) is 5.32 Å². The maximum Gasteiger partial charge on any atom is 0.220 e. The van der Waals surface area contributed by atoms with Crippen LogP contribution in [0.2, 0.25) is 5.02 Å². The van der Waals surface area contributed by atoms with Gasteiger partial charge in [0.2, 0.25) is 5.91 Å². The van der Waals surface area contributed by atoms with Crippen LogP contribution in [0, 0.1) is 12.7 Å². The molecule has 2 aromatic carbocycles. The van der Waals surface area contributed by atoms with Crippen molar-refractivity contribution in [3.63, 3.8) is 0 Å². The zero-order valence-electron chi connectivity index (χ0n) is 12.9. The molecule has 0 aliphatic heterocycles. The molecule has 0 aromatic heterocycles. The van der Waals surface area contributed by atoms with Crippen molar-refractivity contribution in [3.05, 3.63) is 64.4 Å². The summed E-state index contributed by atoms with van der Waals surface area (Å²) < 4.78 is 19.0. The molecule has 0 saturated heterocycles. The molecule has 2 aromatic rings. The number of amides is 1. The molecule has 0 spiro atoms. The molecule has 0 aliphatic carbocycles. The number of carbonyl (C=O) groups is 1. The summed E-state index contributed by atoms with van der Waals surface area (Å²) in [4.78, 5) is 11.7. The largest absolute Gasteiger partial charge is 0.493 e. The van der Waals surface area contributed by atoms with Gasteiger partial charge in [0.1, 0.15) is 11.6 Å². The number of carbonyl (C=O) groups excluding carboxylic acids is 1. The van der Waals surface area contributed by atoms with Crippen LogP contribution in [0.1, 0.15) is 24.0 Å². The van der Waals surface area contributed by atoms with Crippen molar-refractivity contribution >= 4 is 17.5 Å². The van der Waals surface area contributed by atoms with E-state index in [4.69, 9.17) is 16.3 Å². The topological polar surface area (TPSA) is 38.3 Å². The zero-order valence-corrected chi connectivity index (χ0v) is 13.7. The van der Waals surface area contributed by atoms with E-state index in [9.17, 15) is 9.18 Å². The van der Waals surface area contributed by atoms with Gasteiger partial charge in [-0.15, -0.1) is 0 Å². The van der Waals surface area contributed by atoms with Gasteiger partial charge >= 0.3 is 0 Å². The van der Waals surface area contributed by atoms with E-state index < -0.39 is 0 Å². The highest BCUT2D eigenvalue weighted by molar-refractivity contribution is 6.30. The van der Waals surface area contributed by atoms with Crippen LogP contribution in [0.3, 0.4) is 0 Å². The van der Waals surface area contributed by atoms with Gasteiger partial charge in [-0.3, -0.25) is 4.79 Å². The standard InChI is InChI=1S/C18H19ClFNO2/c1-13-11-15(19)8-9-17(13)23-10-4-7-18(22)21-12-14-5-2-3-6-16(14)20/h2-3,5-6,8-9,11H,4,7,10,12H2,1H3,(H,21,22). The molecule has 3 nitrogen and oxygen atoms in total. The van der Waals surface area contributed by atoms with E-state index in [0.717, 1.165) is 11.3 Å². The van der Waals surface area contributed by atoms with E-state index >= 15 is 0 Å². The van der Waals surface area contributed by atoms with E-state index in [0.29, 0.717) is 30.0 Å². The van der Waals surface area contributed by atoms with Gasteiger partial charge in [0.15, 0.2) is 0 Å². The highest BCUT2D eigenvalue weighted by atomic mass is 35.5. The number of hydrogen-bond donors (Lipinski definition) is 1. The summed E-state index contributed by atoms with van der Waals surface area (Å²) >= 11 is 5.88. The van der Waals surface area contributed by atoms with E-state index in [-0.39, 0.29) is 18.3 Å². The summed E-state index contributed by atoms with van der Waals surface area (Å²) in [6, 6.07) is 11.8. The molecule has 0 atom stereocenters. The van der Waals surface area contributed by atoms with Gasteiger partial charge in [0.25, 0.3) is 0 Å². The third-order valence-electron chi connectivity index (χ3n) is 3.38. The number of ether oxygens (including phenoxy) is 1. The lowest BCUT2D eigenvalue weighted by molar-refractivity contribution is -0.121. The highest BCUT2D eigenvalue weighted by Crippen LogP contribution is 2.21. The quantitative estimate of drug-likeness (QED) is 0.768. The molecule has 0 bridgehead atoms. The number of nitrogens with one attached hydrogen (secondary N) is 1. The normalized spacial score (nSPS) is 10.4. The fraction of sp³-hybridized carbons (Fsp3) is 0.278. The molecule has 0 heterocycles. The van der Waals surface area contributed by atoms with Gasteiger partial charge in [-0.05, 0) is 43.2 Å². The van der Waals surface area contributed by atoms with E-state index in [1.165, 1.54) is 6.07 Å². The van der Waals surface area contributed by atoms with Crippen LogP contribution in [-0.2, 0) is 11.3 Å². The molecular formula is C18H19ClFNO2. The monoisotopic (exact) mass is 335 g/mol. The Morgan fingerprint density at radius 1 is 1.26 bits per heavy atom. The molecular weight excluding hydrogens is 317 g/mol. The van der Waals surface area contributed by atoms with E-state index in [1.54, 1.807) is 24.3 Å². The molecule has 5 heteroatoms. The lowest BCUT2D eigenvalue weighted by atomic mass is 10.2. The van der Waals surface area contributed by atoms with Crippen LogP contribution in [0.5, 0.6) is 5.75 Å². The first-order valence-electron chi connectivity index (χ1n) is 7.45. The second kappa shape index (κ2) is 8.53. The molecule has 0 aliphatic rings. The number of hydrogen-bond acceptors (Lipinski definition) is 2. The average Bonchev–Trinajstić information content (AvgIpc) is 2.52. The Morgan fingerprint density at radius 2 is 2.04 bits per heavy atom. The number of benzene rings is 2. The molecule has 23 heavy (non-hydrogen) atoms. The average molecular weight is 336 g/mol. The second-order valence-electron chi connectivity index (χ2n) is 5.23. The Bertz CT molecular complexity index is 676. The lowest BCUT2D eigenvalue weighted by Crippen LogP contribution is -2.23. The van der Waals surface area contributed by atoms with Crippen LogP contribution in [0.25, 0.3) is 0 Å². The Balaban J connectivity index is 1.68. The Morgan fingerprint density at radius 3 is 2.78 bits per heavy atom. The minimum Gasteiger partial charge on any atom is -0.493 e. The minimum atomic E-state index is -0.311. The second-order valence-corrected chi connectivity index (χ2v) is 5.67. The molecule has 0 saturated carbocycles. The third kappa shape index (κ3) is 5.57. The predicted octanol–water partition coefficient (Wildman–Crippen LogP) is 4.26. The highest BCUT2D eigenvalue weighted by Gasteiger charge is 2.05. The summed E-state index contributed by atoms with van der Waals surface area (Å²) in [6.07, 6.45) is 0.923. The molecule has 0 unspecified atom stereocenters. The van der Waals surface area contributed by atoms with Gasteiger partial charge in [-0.25, -0.2) is 4.39 Å². The van der Waals surface area contributed by atoms with Gasteiger partial charge < -0.3 is 10.1 Å². The summed E-state index contributed by atoms with van der Waals surface area (Å²) in [6.45, 7) is 2.56. The first-order chi connectivity index (χ1) is 11.1. The Kier molecular flexibility index (Phi) is 6.41. The van der Waals surface area contributed by atoms with Gasteiger partial charge in [-0.2, -0.15) is 0 Å². The fourth-order valence-electron chi connectivity index (χ4n) is 2.11. The van der Waals surface area contributed by atoms with Gasteiger partial charge in [-0.1, -0.05) is 29.8 Å². The summed E-state index contributed by atoms with van der Waals surface area (Å²) in [5.74, 6) is 0.334. The number of aryl methyl sites for hydroxylation is 1. The Hall–Kier alpha value is -2.07. The first-order valence-corrected chi connectivity index (χ1v) is 7.83. The summed E-state index contributed by atoms with van der Waals surface area (Å²) in [5.41, 5.74) is 1.44. The molecule has 1 N–H and O–H groups in total.